The maximum atomic E-state index is 13.1. The number of piperidine rings is 1. The van der Waals surface area contributed by atoms with Gasteiger partial charge in [0, 0.05) is 43.5 Å². The molecule has 2 amide bonds. The lowest BCUT2D eigenvalue weighted by Crippen LogP contribution is -2.43. The third-order valence-corrected chi connectivity index (χ3v) is 8.16. The van der Waals surface area contributed by atoms with Crippen molar-refractivity contribution in [2.24, 2.45) is 29.6 Å². The van der Waals surface area contributed by atoms with E-state index in [1.54, 1.807) is 18.5 Å². The lowest BCUT2D eigenvalue weighted by molar-refractivity contribution is -0.119. The van der Waals surface area contributed by atoms with Gasteiger partial charge in [-0.1, -0.05) is 0 Å². The molecule has 6 rings (SSSR count). The molecule has 3 aromatic rings. The second kappa shape index (κ2) is 9.02. The second-order valence-corrected chi connectivity index (χ2v) is 10.7. The smallest absolute Gasteiger partial charge is 0.332 e. The van der Waals surface area contributed by atoms with E-state index in [4.69, 9.17) is 5.73 Å². The molecule has 3 aromatic heterocycles. The molecule has 4 unspecified atom stereocenters. The van der Waals surface area contributed by atoms with E-state index in [0.29, 0.717) is 10.8 Å². The molecule has 15 heteroatoms. The van der Waals surface area contributed by atoms with Crippen LogP contribution >= 0.6 is 11.3 Å². The number of aromatic nitrogens is 5. The van der Waals surface area contributed by atoms with Crippen LogP contribution in [-0.4, -0.2) is 66.0 Å². The minimum atomic E-state index is -0.873. The highest BCUT2D eigenvalue weighted by Crippen LogP contribution is 2.45. The number of imidazole rings is 1. The van der Waals surface area contributed by atoms with Crippen molar-refractivity contribution >= 4 is 51.9 Å². The minimum absolute atomic E-state index is 0.00877. The molecular weight excluding hydrogens is 512 g/mol. The fourth-order valence-electron chi connectivity index (χ4n) is 5.05. The lowest BCUT2D eigenvalue weighted by atomic mass is 10.3. The molecule has 4 N–H and O–H groups in total. The van der Waals surface area contributed by atoms with Gasteiger partial charge < -0.3 is 20.9 Å². The molecule has 14 nitrogen and oxygen atoms in total. The first-order valence-corrected chi connectivity index (χ1v) is 13.0. The van der Waals surface area contributed by atoms with Crippen LogP contribution in [0.25, 0.3) is 16.7 Å². The number of anilines is 1. The van der Waals surface area contributed by atoms with Gasteiger partial charge in [-0.2, -0.15) is 0 Å². The SMILES string of the molecule is CC(C(=O)Nc1csc(C2=CNC(N3CC4CC4C3)N=C2)n1)n1cnc2c1c(=O)n(CC(N)=O)c(=O)n2C. The number of carbonyl (C=O) groups is 2. The monoisotopic (exact) mass is 538 g/mol. The van der Waals surface area contributed by atoms with Crippen molar-refractivity contribution in [3.63, 3.8) is 0 Å². The van der Waals surface area contributed by atoms with E-state index in [1.807, 2.05) is 6.20 Å². The number of aryl methyl sites for hydroxylation is 1. The van der Waals surface area contributed by atoms with Crippen molar-refractivity contribution in [3.8, 4) is 0 Å². The van der Waals surface area contributed by atoms with E-state index in [0.717, 1.165) is 39.6 Å². The van der Waals surface area contributed by atoms with Crippen LogP contribution in [0.2, 0.25) is 0 Å². The van der Waals surface area contributed by atoms with Crippen LogP contribution < -0.4 is 27.6 Å². The fraction of sp³-hybridized carbons (Fsp3) is 0.435. The first kappa shape index (κ1) is 24.2. The molecule has 3 aliphatic rings. The largest absolute Gasteiger partial charge is 0.368 e. The van der Waals surface area contributed by atoms with Crippen molar-refractivity contribution in [3.05, 3.63) is 43.8 Å². The number of carbonyl (C=O) groups excluding carboxylic acids is 2. The summed E-state index contributed by atoms with van der Waals surface area (Å²) in [5.41, 5.74) is 4.65. The van der Waals surface area contributed by atoms with Crippen LogP contribution in [0.15, 0.2) is 32.5 Å². The first-order chi connectivity index (χ1) is 18.2. The lowest BCUT2D eigenvalue weighted by Gasteiger charge is -2.27. The van der Waals surface area contributed by atoms with Gasteiger partial charge >= 0.3 is 5.69 Å². The van der Waals surface area contributed by atoms with Crippen LogP contribution in [0.5, 0.6) is 0 Å². The van der Waals surface area contributed by atoms with Crippen LogP contribution in [0.4, 0.5) is 5.82 Å². The summed E-state index contributed by atoms with van der Waals surface area (Å²) in [6, 6.07) is -0.873. The highest BCUT2D eigenvalue weighted by Gasteiger charge is 2.46. The first-order valence-electron chi connectivity index (χ1n) is 12.2. The maximum Gasteiger partial charge on any atom is 0.332 e. The van der Waals surface area contributed by atoms with Gasteiger partial charge in [0.25, 0.3) is 5.56 Å². The van der Waals surface area contributed by atoms with Gasteiger partial charge in [0.1, 0.15) is 23.4 Å². The van der Waals surface area contributed by atoms with E-state index < -0.39 is 35.6 Å². The summed E-state index contributed by atoms with van der Waals surface area (Å²) in [6.45, 7) is 3.17. The molecule has 2 aliphatic heterocycles. The third-order valence-electron chi connectivity index (χ3n) is 7.27. The second-order valence-electron chi connectivity index (χ2n) is 9.85. The molecule has 5 heterocycles. The Morgan fingerprint density at radius 2 is 2.05 bits per heavy atom. The van der Waals surface area contributed by atoms with Crippen LogP contribution in [0.1, 0.15) is 24.4 Å². The number of rotatable bonds is 7. The average Bonchev–Trinajstić information content (AvgIpc) is 3.29. The van der Waals surface area contributed by atoms with Gasteiger partial charge in [-0.3, -0.25) is 28.8 Å². The topological polar surface area (TPSA) is 175 Å². The number of primary amides is 1. The standard InChI is InChI=1S/C23H26N10O4S/c1-11(33-10-27-18-17(33)21(36)32(8-15(24)34)23(37)30(18)2)19(35)28-16-9-38-20(29-16)14-4-25-22(26-5-14)31-6-12-3-13(12)7-31/h4-5,9-13,22,25H,3,6-8H2,1-2H3,(H2,24,34)(H,28,35). The fourth-order valence-corrected chi connectivity index (χ4v) is 5.78. The van der Waals surface area contributed by atoms with Gasteiger partial charge in [-0.05, 0) is 25.2 Å². The van der Waals surface area contributed by atoms with Crippen molar-refractivity contribution in [1.82, 2.24) is 33.9 Å². The number of hydrogen-bond acceptors (Lipinski definition) is 10. The highest BCUT2D eigenvalue weighted by molar-refractivity contribution is 7.11. The zero-order valence-corrected chi connectivity index (χ0v) is 21.5. The molecule has 198 valence electrons. The number of allylic oxidation sites excluding steroid dienone is 1. The summed E-state index contributed by atoms with van der Waals surface area (Å²) in [7, 11) is 1.42. The van der Waals surface area contributed by atoms with E-state index in [2.05, 4.69) is 30.5 Å². The molecular formula is C23H26N10O4S. The predicted octanol–water partition coefficient (Wildman–Crippen LogP) is -0.712. The number of likely N-dealkylation sites (tertiary alicyclic amines) is 1. The van der Waals surface area contributed by atoms with Crippen molar-refractivity contribution in [2.45, 2.75) is 32.2 Å². The van der Waals surface area contributed by atoms with Gasteiger partial charge in [0.2, 0.25) is 11.8 Å². The van der Waals surface area contributed by atoms with Crippen molar-refractivity contribution in [1.29, 1.82) is 0 Å². The summed E-state index contributed by atoms with van der Waals surface area (Å²) in [5, 5.41) is 8.53. The van der Waals surface area contributed by atoms with Gasteiger partial charge in [-0.25, -0.2) is 19.3 Å². The Morgan fingerprint density at radius 3 is 2.74 bits per heavy atom. The number of fused-ring (bicyclic) bond motifs is 2. The minimum Gasteiger partial charge on any atom is -0.368 e. The summed E-state index contributed by atoms with van der Waals surface area (Å²) in [6.07, 6.45) is 6.30. The Kier molecular flexibility index (Phi) is 5.75. The molecule has 1 aliphatic carbocycles. The molecule has 0 bridgehead atoms. The zero-order chi connectivity index (χ0) is 26.7. The third kappa shape index (κ3) is 4.12. The Hall–Kier alpha value is -4.11. The van der Waals surface area contributed by atoms with Crippen LogP contribution in [0, 0.1) is 11.8 Å². The Morgan fingerprint density at radius 1 is 1.29 bits per heavy atom. The van der Waals surface area contributed by atoms with Gasteiger partial charge in [0.15, 0.2) is 17.5 Å². The van der Waals surface area contributed by atoms with Crippen LogP contribution in [-0.2, 0) is 23.2 Å². The van der Waals surface area contributed by atoms with E-state index in [-0.39, 0.29) is 17.5 Å². The zero-order valence-electron chi connectivity index (χ0n) is 20.7. The maximum absolute atomic E-state index is 13.1. The summed E-state index contributed by atoms with van der Waals surface area (Å²) in [5.74, 6) is 0.742. The Labute approximate surface area is 219 Å². The molecule has 1 saturated carbocycles. The number of amides is 2. The summed E-state index contributed by atoms with van der Waals surface area (Å²) < 4.78 is 3.22. The molecule has 0 radical (unpaired) electrons. The Bertz CT molecular complexity index is 1640. The van der Waals surface area contributed by atoms with E-state index in [9.17, 15) is 19.2 Å². The number of hydrogen-bond donors (Lipinski definition) is 3. The number of nitrogens with one attached hydrogen (secondary N) is 2. The summed E-state index contributed by atoms with van der Waals surface area (Å²) >= 11 is 1.37. The Balaban J connectivity index is 1.17. The van der Waals surface area contributed by atoms with Gasteiger partial charge in [0.05, 0.1) is 6.33 Å². The highest BCUT2D eigenvalue weighted by atomic mass is 32.1. The number of thiazole rings is 1. The van der Waals surface area contributed by atoms with Crippen LogP contribution in [0.3, 0.4) is 0 Å². The quantitative estimate of drug-likeness (QED) is 0.353. The number of nitrogens with zero attached hydrogens (tertiary/aromatic N) is 7. The molecule has 0 spiro atoms. The van der Waals surface area contributed by atoms with E-state index in [1.165, 1.54) is 35.7 Å². The molecule has 2 fully saturated rings. The van der Waals surface area contributed by atoms with Gasteiger partial charge in [-0.15, -0.1) is 11.3 Å². The number of nitrogens with two attached hydrogens (primary N) is 1. The average molecular weight is 539 g/mol. The van der Waals surface area contributed by atoms with Crippen molar-refractivity contribution in [2.75, 3.05) is 18.4 Å². The van der Waals surface area contributed by atoms with E-state index >= 15 is 0 Å². The normalized spacial score (nSPS) is 23.1. The predicted molar refractivity (Wildman–Crippen MR) is 140 cm³/mol. The van der Waals surface area contributed by atoms with Crippen molar-refractivity contribution < 1.29 is 9.59 Å². The number of aliphatic imine (C=N–C) groups is 1. The summed E-state index contributed by atoms with van der Waals surface area (Å²) in [4.78, 5) is 65.6. The molecule has 1 saturated heterocycles. The molecule has 38 heavy (non-hydrogen) atoms. The molecule has 0 aromatic carbocycles. The molecule has 4 atom stereocenters.